The van der Waals surface area contributed by atoms with E-state index in [9.17, 15) is 0 Å². The smallest absolute Gasteiger partial charge is 0 e. The second-order valence-electron chi connectivity index (χ2n) is 4.63. The Morgan fingerprint density at radius 1 is 1.17 bits per heavy atom. The number of hydrogen-bond acceptors (Lipinski definition) is 0. The molecule has 1 atom stereocenters. The first-order valence-corrected chi connectivity index (χ1v) is 6.05. The zero-order chi connectivity index (χ0) is 12.3. The van der Waals surface area contributed by atoms with Crippen molar-refractivity contribution < 1.29 is 25.8 Å². The maximum Gasteiger partial charge on any atom is 0 e. The molecule has 1 unspecified atom stereocenters. The summed E-state index contributed by atoms with van der Waals surface area (Å²) in [6.45, 7) is 6.38. The van der Waals surface area contributed by atoms with E-state index in [1.807, 2.05) is 12.1 Å². The van der Waals surface area contributed by atoms with E-state index in [0.29, 0.717) is 5.92 Å². The second kappa shape index (κ2) is 6.94. The molecule has 1 aliphatic rings. The van der Waals surface area contributed by atoms with Crippen molar-refractivity contribution in [2.24, 2.45) is 0 Å². The van der Waals surface area contributed by atoms with Crippen LogP contribution in [0.2, 0.25) is 0 Å². The van der Waals surface area contributed by atoms with Gasteiger partial charge in [0.05, 0.1) is 0 Å². The van der Waals surface area contributed by atoms with Crippen LogP contribution >= 0.6 is 0 Å². The van der Waals surface area contributed by atoms with Gasteiger partial charge in [0.15, 0.2) is 0 Å². The first kappa shape index (κ1) is 15.2. The Balaban J connectivity index is 0.000000199. The van der Waals surface area contributed by atoms with Crippen LogP contribution in [-0.2, 0) is 25.8 Å². The largest absolute Gasteiger partial charge is 0.269 e. The fraction of sp³-hybridized carbons (Fsp3) is 0.235. The number of rotatable bonds is 0. The van der Waals surface area contributed by atoms with Gasteiger partial charge in [-0.25, -0.2) is 18.2 Å². The van der Waals surface area contributed by atoms with E-state index in [4.69, 9.17) is 0 Å². The summed E-state index contributed by atoms with van der Waals surface area (Å²) >= 11 is 0. The summed E-state index contributed by atoms with van der Waals surface area (Å²) in [5, 5.41) is 0. The maximum absolute atomic E-state index is 3.29. The minimum absolute atomic E-state index is 0. The molecule has 0 saturated carbocycles. The van der Waals surface area contributed by atoms with Crippen LogP contribution in [-0.4, -0.2) is 0 Å². The molecule has 0 N–H and O–H groups in total. The topological polar surface area (TPSA) is 0 Å². The van der Waals surface area contributed by atoms with Crippen molar-refractivity contribution in [2.45, 2.75) is 26.7 Å². The van der Waals surface area contributed by atoms with E-state index in [1.54, 1.807) is 0 Å². The summed E-state index contributed by atoms with van der Waals surface area (Å²) in [6.07, 6.45) is 5.38. The molecule has 2 aromatic rings. The predicted molar refractivity (Wildman–Crippen MR) is 74.1 cm³/mol. The molecular weight excluding hydrogens is 383 g/mol. The molecule has 0 nitrogen and oxygen atoms in total. The molecular formula is C17H18Hf-2. The second-order valence-corrected chi connectivity index (χ2v) is 4.63. The van der Waals surface area contributed by atoms with Crippen molar-refractivity contribution in [2.75, 3.05) is 0 Å². The Kier molecular flexibility index (Phi) is 5.87. The number of aryl methyl sites for hydroxylation is 2. The summed E-state index contributed by atoms with van der Waals surface area (Å²) in [5.41, 5.74) is 5.43. The molecule has 0 bridgehead atoms. The number of allylic oxidation sites excluding steroid dienone is 1. The molecule has 0 spiro atoms. The van der Waals surface area contributed by atoms with Gasteiger partial charge in [0, 0.05) is 25.8 Å². The Hall–Kier alpha value is -0.820. The first-order valence-electron chi connectivity index (χ1n) is 6.05. The van der Waals surface area contributed by atoms with Crippen molar-refractivity contribution in [1.82, 2.24) is 0 Å². The third-order valence-corrected chi connectivity index (χ3v) is 3.03. The molecule has 0 heterocycles. The summed E-state index contributed by atoms with van der Waals surface area (Å²) in [6, 6.07) is 14.8. The van der Waals surface area contributed by atoms with Crippen LogP contribution in [0.3, 0.4) is 0 Å². The standard InChI is InChI=1S/C11H11.C6H7.Hf/c1-8-3-6-11-9(2)4-5-10(11)7-8;1-6-4-2-3-5-6;/h3,5-7,9H,1-2H3;2-5H,1H3;/q2*-1;. The normalized spacial score (nSPS) is 15.4. The van der Waals surface area contributed by atoms with E-state index in [2.05, 4.69) is 63.3 Å². The Bertz CT molecular complexity index is 506. The van der Waals surface area contributed by atoms with Gasteiger partial charge < -0.3 is 0 Å². The van der Waals surface area contributed by atoms with Crippen LogP contribution in [0, 0.1) is 19.9 Å². The van der Waals surface area contributed by atoms with Gasteiger partial charge in [-0.2, -0.15) is 23.3 Å². The van der Waals surface area contributed by atoms with Crippen molar-refractivity contribution in [3.8, 4) is 0 Å². The maximum atomic E-state index is 3.29. The van der Waals surface area contributed by atoms with Crippen LogP contribution in [0.25, 0.3) is 6.08 Å². The molecule has 92 valence electrons. The molecule has 0 aliphatic heterocycles. The molecule has 3 rings (SSSR count). The summed E-state index contributed by atoms with van der Waals surface area (Å²) < 4.78 is 0. The van der Waals surface area contributed by atoms with Gasteiger partial charge in [0.2, 0.25) is 0 Å². The number of fused-ring (bicyclic) bond motifs is 1. The van der Waals surface area contributed by atoms with E-state index < -0.39 is 0 Å². The van der Waals surface area contributed by atoms with Crippen LogP contribution in [0.15, 0.2) is 42.5 Å². The first-order chi connectivity index (χ1) is 8.16. The fourth-order valence-corrected chi connectivity index (χ4v) is 1.99. The van der Waals surface area contributed by atoms with Gasteiger partial charge in [-0.3, -0.25) is 6.08 Å². The van der Waals surface area contributed by atoms with Gasteiger partial charge in [0.25, 0.3) is 0 Å². The molecule has 0 aromatic heterocycles. The van der Waals surface area contributed by atoms with Crippen molar-refractivity contribution in [3.05, 3.63) is 70.8 Å². The molecule has 18 heavy (non-hydrogen) atoms. The summed E-state index contributed by atoms with van der Waals surface area (Å²) in [5.74, 6) is 0.491. The van der Waals surface area contributed by atoms with Crippen molar-refractivity contribution >= 4 is 6.08 Å². The monoisotopic (exact) mass is 402 g/mol. The van der Waals surface area contributed by atoms with E-state index in [-0.39, 0.29) is 25.8 Å². The summed E-state index contributed by atoms with van der Waals surface area (Å²) in [4.78, 5) is 0. The van der Waals surface area contributed by atoms with Crippen LogP contribution in [0.4, 0.5) is 0 Å². The minimum atomic E-state index is 0. The van der Waals surface area contributed by atoms with Gasteiger partial charge in [-0.05, 0) is 6.92 Å². The predicted octanol–water partition coefficient (Wildman–Crippen LogP) is 4.64. The molecule has 1 heteroatoms. The van der Waals surface area contributed by atoms with Gasteiger partial charge in [-0.1, -0.05) is 37.5 Å². The van der Waals surface area contributed by atoms with Crippen molar-refractivity contribution in [3.63, 3.8) is 0 Å². The SMILES string of the molecule is C[c-]1cccc1.Cc1ccc2c(c1)C=[C-]C2C.[Hf]. The zero-order valence-corrected chi connectivity index (χ0v) is 14.8. The average Bonchev–Trinajstić information content (AvgIpc) is 2.90. The van der Waals surface area contributed by atoms with Crippen molar-refractivity contribution in [1.29, 1.82) is 0 Å². The molecule has 0 radical (unpaired) electrons. The van der Waals surface area contributed by atoms with Crippen LogP contribution in [0.1, 0.15) is 35.1 Å². The third kappa shape index (κ3) is 3.84. The third-order valence-electron chi connectivity index (χ3n) is 3.03. The van der Waals surface area contributed by atoms with Gasteiger partial charge in [0.1, 0.15) is 0 Å². The number of benzene rings is 1. The fourth-order valence-electron chi connectivity index (χ4n) is 1.99. The zero-order valence-electron chi connectivity index (χ0n) is 11.2. The molecule has 1 aliphatic carbocycles. The Morgan fingerprint density at radius 3 is 2.39 bits per heavy atom. The minimum Gasteiger partial charge on any atom is -0.269 e. The molecule has 0 fully saturated rings. The van der Waals surface area contributed by atoms with E-state index in [1.165, 1.54) is 22.3 Å². The average molecular weight is 401 g/mol. The van der Waals surface area contributed by atoms with Crippen LogP contribution in [0.5, 0.6) is 0 Å². The van der Waals surface area contributed by atoms with E-state index >= 15 is 0 Å². The molecule has 0 amide bonds. The van der Waals surface area contributed by atoms with E-state index in [0.717, 1.165) is 0 Å². The Morgan fingerprint density at radius 2 is 1.83 bits per heavy atom. The van der Waals surface area contributed by atoms with Gasteiger partial charge >= 0.3 is 0 Å². The van der Waals surface area contributed by atoms with Crippen LogP contribution < -0.4 is 0 Å². The summed E-state index contributed by atoms with van der Waals surface area (Å²) in [7, 11) is 0. The quantitative estimate of drug-likeness (QED) is 0.446. The number of hydrogen-bond donors (Lipinski definition) is 0. The van der Waals surface area contributed by atoms with Gasteiger partial charge in [-0.15, -0.1) is 11.6 Å². The molecule has 0 saturated heterocycles. The Labute approximate surface area is 129 Å². The molecule has 2 aromatic carbocycles.